The van der Waals surface area contributed by atoms with Crippen LogP contribution in [-0.4, -0.2) is 40.8 Å². The lowest BCUT2D eigenvalue weighted by atomic mass is 10.1. The van der Waals surface area contributed by atoms with Crippen molar-refractivity contribution < 1.29 is 14.3 Å². The fourth-order valence-electron chi connectivity index (χ4n) is 3.52. The molecule has 156 valence electrons. The van der Waals surface area contributed by atoms with E-state index in [1.165, 1.54) is 34.0 Å². The predicted octanol–water partition coefficient (Wildman–Crippen LogP) is 2.90. The average Bonchev–Trinajstić information content (AvgIpc) is 3.37. The lowest BCUT2D eigenvalue weighted by Crippen LogP contribution is -2.16. The van der Waals surface area contributed by atoms with Crippen molar-refractivity contribution in [2.45, 2.75) is 24.4 Å². The summed E-state index contributed by atoms with van der Waals surface area (Å²) in [6.45, 7) is 0. The number of aryl methyl sites for hydroxylation is 2. The Kier molecular flexibility index (Phi) is 5.80. The summed E-state index contributed by atoms with van der Waals surface area (Å²) >= 11 is 1.22. The van der Waals surface area contributed by atoms with Crippen LogP contribution < -0.4 is 20.6 Å². The first-order valence-electron chi connectivity index (χ1n) is 9.56. The van der Waals surface area contributed by atoms with Crippen LogP contribution in [-0.2, 0) is 17.6 Å². The van der Waals surface area contributed by atoms with Gasteiger partial charge in [-0.3, -0.25) is 4.79 Å². The summed E-state index contributed by atoms with van der Waals surface area (Å²) in [6.07, 6.45) is 3.37. The highest BCUT2D eigenvalue weighted by Gasteiger charge is 2.18. The largest absolute Gasteiger partial charge is 0.497 e. The molecule has 0 bridgehead atoms. The number of hydrogen-bond acceptors (Lipinski definition) is 7. The van der Waals surface area contributed by atoms with Gasteiger partial charge in [-0.2, -0.15) is 0 Å². The van der Waals surface area contributed by atoms with Crippen LogP contribution in [0.4, 0.5) is 5.69 Å². The van der Waals surface area contributed by atoms with E-state index >= 15 is 0 Å². The van der Waals surface area contributed by atoms with Crippen LogP contribution in [0.5, 0.6) is 11.5 Å². The molecule has 4 rings (SSSR count). The number of rotatable bonds is 7. The third kappa shape index (κ3) is 4.06. The van der Waals surface area contributed by atoms with Crippen molar-refractivity contribution in [3.63, 3.8) is 0 Å². The number of nitrogens with zero attached hydrogens (tertiary/aromatic N) is 3. The second kappa shape index (κ2) is 8.66. The van der Waals surface area contributed by atoms with Crippen LogP contribution in [0, 0.1) is 0 Å². The first kappa shape index (κ1) is 20.1. The predicted molar refractivity (Wildman–Crippen MR) is 117 cm³/mol. The Bertz CT molecular complexity index is 1080. The number of carbonyl (C=O) groups excluding carboxylic acids is 1. The normalized spacial score (nSPS) is 12.5. The highest BCUT2D eigenvalue weighted by atomic mass is 32.2. The molecule has 0 radical (unpaired) electrons. The quantitative estimate of drug-likeness (QED) is 0.443. The summed E-state index contributed by atoms with van der Waals surface area (Å²) in [7, 11) is 3.15. The van der Waals surface area contributed by atoms with Crippen LogP contribution in [0.1, 0.15) is 17.5 Å². The molecule has 8 nitrogen and oxygen atoms in total. The topological polar surface area (TPSA) is 104 Å². The van der Waals surface area contributed by atoms with Gasteiger partial charge < -0.3 is 20.6 Å². The summed E-state index contributed by atoms with van der Waals surface area (Å²) in [5, 5.41) is 11.7. The number of ether oxygens (including phenoxy) is 2. The maximum Gasteiger partial charge on any atom is 0.234 e. The van der Waals surface area contributed by atoms with Crippen LogP contribution in [0.3, 0.4) is 0 Å². The van der Waals surface area contributed by atoms with Gasteiger partial charge in [-0.25, -0.2) is 4.68 Å². The zero-order valence-electron chi connectivity index (χ0n) is 16.8. The van der Waals surface area contributed by atoms with Gasteiger partial charge in [0.05, 0.1) is 25.5 Å². The molecular weight excluding hydrogens is 402 g/mol. The maximum atomic E-state index is 12.4. The van der Waals surface area contributed by atoms with Gasteiger partial charge in [-0.05, 0) is 54.7 Å². The zero-order chi connectivity index (χ0) is 21.1. The third-order valence-electron chi connectivity index (χ3n) is 5.03. The Labute approximate surface area is 178 Å². The van der Waals surface area contributed by atoms with Crippen molar-refractivity contribution in [2.24, 2.45) is 0 Å². The van der Waals surface area contributed by atoms with Crippen LogP contribution >= 0.6 is 11.8 Å². The number of carbonyl (C=O) groups is 1. The molecule has 0 unspecified atom stereocenters. The van der Waals surface area contributed by atoms with Gasteiger partial charge in [-0.15, -0.1) is 10.2 Å². The first-order valence-corrected chi connectivity index (χ1v) is 10.5. The Morgan fingerprint density at radius 2 is 1.97 bits per heavy atom. The number of fused-ring (bicyclic) bond motifs is 1. The minimum Gasteiger partial charge on any atom is -0.497 e. The molecule has 30 heavy (non-hydrogen) atoms. The molecular formula is C21H23N5O3S. The Morgan fingerprint density at radius 3 is 2.77 bits per heavy atom. The van der Waals surface area contributed by atoms with Crippen molar-refractivity contribution >= 4 is 23.4 Å². The van der Waals surface area contributed by atoms with Crippen molar-refractivity contribution in [2.75, 3.05) is 31.1 Å². The minimum atomic E-state index is -0.121. The molecule has 0 spiro atoms. The molecule has 3 aromatic rings. The fourth-order valence-corrected chi connectivity index (χ4v) is 4.18. The molecule has 0 saturated heterocycles. The molecule has 3 N–H and O–H groups in total. The van der Waals surface area contributed by atoms with Crippen LogP contribution in [0.15, 0.2) is 41.6 Å². The molecule has 1 aliphatic carbocycles. The van der Waals surface area contributed by atoms with Crippen molar-refractivity contribution in [1.82, 2.24) is 14.9 Å². The maximum absolute atomic E-state index is 12.4. The molecule has 2 aromatic carbocycles. The van der Waals surface area contributed by atoms with E-state index in [0.29, 0.717) is 28.0 Å². The molecule has 0 atom stereocenters. The number of hydrogen-bond donors (Lipinski definition) is 2. The van der Waals surface area contributed by atoms with E-state index < -0.39 is 0 Å². The SMILES string of the molecule is COc1ccc(-c2nnc(SCC(=O)Nc3ccc4c(c3)CCC4)n2N)c(OC)c1. The standard InChI is InChI=1S/C21H23N5O3S/c1-28-16-8-9-17(18(11-16)29-2)20-24-25-21(26(20)22)30-12-19(27)23-15-7-6-13-4-3-5-14(13)10-15/h6-11H,3-5,12,22H2,1-2H3,(H,23,27). The number of methoxy groups -OCH3 is 2. The molecule has 0 aliphatic heterocycles. The smallest absolute Gasteiger partial charge is 0.234 e. The number of benzene rings is 2. The van der Waals surface area contributed by atoms with E-state index in [1.807, 2.05) is 6.07 Å². The molecule has 1 aliphatic rings. The van der Waals surface area contributed by atoms with Crippen LogP contribution in [0.2, 0.25) is 0 Å². The molecule has 1 heterocycles. The molecule has 9 heteroatoms. The number of nitrogens with one attached hydrogen (secondary N) is 1. The number of thioether (sulfide) groups is 1. The molecule has 1 aromatic heterocycles. The van der Waals surface area contributed by atoms with Crippen molar-refractivity contribution in [1.29, 1.82) is 0 Å². The lowest BCUT2D eigenvalue weighted by molar-refractivity contribution is -0.113. The Morgan fingerprint density at radius 1 is 1.13 bits per heavy atom. The summed E-state index contributed by atoms with van der Waals surface area (Å²) in [5.41, 5.74) is 4.20. The van der Waals surface area contributed by atoms with Gasteiger partial charge in [0.2, 0.25) is 11.1 Å². The van der Waals surface area contributed by atoms with Gasteiger partial charge in [0, 0.05) is 11.8 Å². The zero-order valence-corrected chi connectivity index (χ0v) is 17.7. The molecule has 0 saturated carbocycles. The van der Waals surface area contributed by atoms with E-state index in [4.69, 9.17) is 15.3 Å². The highest BCUT2D eigenvalue weighted by molar-refractivity contribution is 7.99. The van der Waals surface area contributed by atoms with Crippen molar-refractivity contribution in [3.05, 3.63) is 47.5 Å². The van der Waals surface area contributed by atoms with Gasteiger partial charge >= 0.3 is 0 Å². The third-order valence-corrected chi connectivity index (χ3v) is 5.97. The monoisotopic (exact) mass is 425 g/mol. The second-order valence-electron chi connectivity index (χ2n) is 6.92. The van der Waals surface area contributed by atoms with E-state index in [2.05, 4.69) is 27.6 Å². The number of nitrogen functional groups attached to an aromatic ring is 1. The van der Waals surface area contributed by atoms with E-state index in [0.717, 1.165) is 18.5 Å². The van der Waals surface area contributed by atoms with Crippen molar-refractivity contribution in [3.8, 4) is 22.9 Å². The number of nitrogens with two attached hydrogens (primary N) is 1. The van der Waals surface area contributed by atoms with E-state index in [-0.39, 0.29) is 11.7 Å². The average molecular weight is 426 g/mol. The Hall–Kier alpha value is -3.20. The number of amides is 1. The van der Waals surface area contributed by atoms with E-state index in [1.54, 1.807) is 32.4 Å². The summed E-state index contributed by atoms with van der Waals surface area (Å²) in [4.78, 5) is 12.4. The van der Waals surface area contributed by atoms with Gasteiger partial charge in [-0.1, -0.05) is 17.8 Å². The number of anilines is 1. The summed E-state index contributed by atoms with van der Waals surface area (Å²) in [5.74, 6) is 7.91. The minimum absolute atomic E-state index is 0.121. The second-order valence-corrected chi connectivity index (χ2v) is 7.86. The molecule has 1 amide bonds. The van der Waals surface area contributed by atoms with Crippen LogP contribution in [0.25, 0.3) is 11.4 Å². The van der Waals surface area contributed by atoms with Gasteiger partial charge in [0.1, 0.15) is 11.5 Å². The fraction of sp³-hybridized carbons (Fsp3) is 0.286. The Balaban J connectivity index is 1.43. The molecule has 0 fully saturated rings. The number of aromatic nitrogens is 3. The van der Waals surface area contributed by atoms with Gasteiger partial charge in [0.15, 0.2) is 5.82 Å². The highest BCUT2D eigenvalue weighted by Crippen LogP contribution is 2.33. The summed E-state index contributed by atoms with van der Waals surface area (Å²) < 4.78 is 12.0. The summed E-state index contributed by atoms with van der Waals surface area (Å²) in [6, 6.07) is 11.5. The lowest BCUT2D eigenvalue weighted by Gasteiger charge is -2.10. The van der Waals surface area contributed by atoms with E-state index in [9.17, 15) is 4.79 Å². The first-order chi connectivity index (χ1) is 14.6. The van der Waals surface area contributed by atoms with Gasteiger partial charge in [0.25, 0.3) is 0 Å².